The Bertz CT molecular complexity index is 1340. The SMILES string of the molecule is CCC1SC(=O)N(Cc2ccc(NC(=O)c3ccncc3)cc2)N=C1c1ccc(OC)c(OC2CCCC2)c1. The maximum Gasteiger partial charge on any atom is 0.302 e. The number of thioether (sulfide) groups is 1. The molecule has 0 bridgehead atoms. The van der Waals surface area contributed by atoms with E-state index in [1.165, 1.54) is 29.6 Å². The number of aromatic nitrogens is 1. The van der Waals surface area contributed by atoms with Gasteiger partial charge in [0.25, 0.3) is 5.91 Å². The molecule has 5 rings (SSSR count). The van der Waals surface area contributed by atoms with Crippen molar-refractivity contribution in [3.8, 4) is 11.5 Å². The van der Waals surface area contributed by atoms with Crippen LogP contribution in [0.4, 0.5) is 10.5 Å². The van der Waals surface area contributed by atoms with Gasteiger partial charge in [-0.3, -0.25) is 14.6 Å². The summed E-state index contributed by atoms with van der Waals surface area (Å²) in [6, 6.07) is 16.6. The molecule has 202 valence electrons. The maximum absolute atomic E-state index is 13.0. The van der Waals surface area contributed by atoms with Crippen LogP contribution in [0.1, 0.15) is 60.5 Å². The van der Waals surface area contributed by atoms with Crippen molar-refractivity contribution < 1.29 is 19.1 Å². The van der Waals surface area contributed by atoms with E-state index in [0.29, 0.717) is 23.5 Å². The summed E-state index contributed by atoms with van der Waals surface area (Å²) in [6.45, 7) is 2.39. The van der Waals surface area contributed by atoms with E-state index in [1.807, 2.05) is 42.5 Å². The summed E-state index contributed by atoms with van der Waals surface area (Å²) in [5.41, 5.74) is 3.89. The van der Waals surface area contributed by atoms with Gasteiger partial charge in [0, 0.05) is 29.2 Å². The van der Waals surface area contributed by atoms with Gasteiger partial charge in [-0.1, -0.05) is 30.8 Å². The molecule has 0 spiro atoms. The molecule has 0 saturated heterocycles. The largest absolute Gasteiger partial charge is 0.493 e. The highest BCUT2D eigenvalue weighted by atomic mass is 32.2. The molecule has 3 aromatic rings. The summed E-state index contributed by atoms with van der Waals surface area (Å²) in [5, 5.41) is 9.08. The number of anilines is 1. The topological polar surface area (TPSA) is 93.1 Å². The predicted molar refractivity (Wildman–Crippen MR) is 154 cm³/mol. The predicted octanol–water partition coefficient (Wildman–Crippen LogP) is 6.52. The molecule has 1 aromatic heterocycles. The number of hydrogen-bond donors (Lipinski definition) is 1. The Kier molecular flexibility index (Phi) is 8.46. The van der Waals surface area contributed by atoms with Gasteiger partial charge >= 0.3 is 5.24 Å². The third-order valence-corrected chi connectivity index (χ3v) is 8.15. The van der Waals surface area contributed by atoms with E-state index in [2.05, 4.69) is 17.2 Å². The fourth-order valence-electron chi connectivity index (χ4n) is 4.78. The number of methoxy groups -OCH3 is 1. The minimum Gasteiger partial charge on any atom is -0.493 e. The highest BCUT2D eigenvalue weighted by Crippen LogP contribution is 2.36. The van der Waals surface area contributed by atoms with Crippen LogP contribution in [0.5, 0.6) is 11.5 Å². The Labute approximate surface area is 232 Å². The van der Waals surface area contributed by atoms with Crippen LogP contribution in [0.25, 0.3) is 0 Å². The lowest BCUT2D eigenvalue weighted by atomic mass is 10.0. The minimum atomic E-state index is -0.205. The van der Waals surface area contributed by atoms with Crippen LogP contribution < -0.4 is 14.8 Å². The first kappa shape index (κ1) is 26.7. The van der Waals surface area contributed by atoms with Gasteiger partial charge in [-0.2, -0.15) is 5.10 Å². The Morgan fingerprint density at radius 1 is 1.05 bits per heavy atom. The highest BCUT2D eigenvalue weighted by Gasteiger charge is 2.31. The summed E-state index contributed by atoms with van der Waals surface area (Å²) < 4.78 is 11.9. The molecular formula is C30H32N4O4S. The molecule has 1 saturated carbocycles. The van der Waals surface area contributed by atoms with Gasteiger partial charge in [-0.05, 0) is 80.1 Å². The molecule has 1 aliphatic heterocycles. The molecule has 1 fully saturated rings. The van der Waals surface area contributed by atoms with E-state index in [4.69, 9.17) is 14.6 Å². The number of nitrogens with one attached hydrogen (secondary N) is 1. The normalized spacial score (nSPS) is 17.6. The highest BCUT2D eigenvalue weighted by molar-refractivity contribution is 8.14. The lowest BCUT2D eigenvalue weighted by molar-refractivity contribution is 0.102. The molecule has 1 N–H and O–H groups in total. The third-order valence-electron chi connectivity index (χ3n) is 6.90. The molecule has 9 heteroatoms. The quantitative estimate of drug-likeness (QED) is 0.330. The van der Waals surface area contributed by atoms with Gasteiger partial charge in [0.1, 0.15) is 0 Å². The average molecular weight is 545 g/mol. The second-order valence-corrected chi connectivity index (χ2v) is 10.8. The smallest absolute Gasteiger partial charge is 0.302 e. The molecule has 2 heterocycles. The number of rotatable bonds is 9. The van der Waals surface area contributed by atoms with Gasteiger partial charge in [-0.15, -0.1) is 0 Å². The molecule has 39 heavy (non-hydrogen) atoms. The van der Waals surface area contributed by atoms with E-state index in [9.17, 15) is 9.59 Å². The number of benzene rings is 2. The first-order chi connectivity index (χ1) is 19.0. The summed E-state index contributed by atoms with van der Waals surface area (Å²) >= 11 is 1.30. The van der Waals surface area contributed by atoms with Gasteiger partial charge in [0.05, 0.1) is 30.7 Å². The zero-order chi connectivity index (χ0) is 27.2. The van der Waals surface area contributed by atoms with E-state index in [-0.39, 0.29) is 22.5 Å². The van der Waals surface area contributed by atoms with Crippen LogP contribution in [0.15, 0.2) is 72.1 Å². The summed E-state index contributed by atoms with van der Waals surface area (Å²) in [6.07, 6.45) is 8.62. The van der Waals surface area contributed by atoms with Crippen LogP contribution in [-0.4, -0.2) is 45.3 Å². The first-order valence-electron chi connectivity index (χ1n) is 13.3. The van der Waals surface area contributed by atoms with Crippen LogP contribution in [0.3, 0.4) is 0 Å². The minimum absolute atomic E-state index is 0.0488. The molecule has 8 nitrogen and oxygen atoms in total. The molecule has 2 aliphatic rings. The van der Waals surface area contributed by atoms with Crippen molar-refractivity contribution in [1.29, 1.82) is 0 Å². The number of carbonyl (C=O) groups excluding carboxylic acids is 2. The Balaban J connectivity index is 1.33. The van der Waals surface area contributed by atoms with E-state index < -0.39 is 0 Å². The number of hydrazone groups is 1. The van der Waals surface area contributed by atoms with E-state index >= 15 is 0 Å². The molecule has 1 aliphatic carbocycles. The van der Waals surface area contributed by atoms with Gasteiger partial charge in [0.2, 0.25) is 0 Å². The van der Waals surface area contributed by atoms with Gasteiger partial charge < -0.3 is 14.8 Å². The molecule has 2 amide bonds. The summed E-state index contributed by atoms with van der Waals surface area (Å²) in [4.78, 5) is 29.3. The lowest BCUT2D eigenvalue weighted by Crippen LogP contribution is -2.34. The van der Waals surface area contributed by atoms with Crippen LogP contribution in [0, 0.1) is 0 Å². The second kappa shape index (κ2) is 12.3. The third kappa shape index (κ3) is 6.42. The van der Waals surface area contributed by atoms with Crippen molar-refractivity contribution in [2.75, 3.05) is 12.4 Å². The Hall–Kier alpha value is -3.85. The molecule has 0 radical (unpaired) electrons. The van der Waals surface area contributed by atoms with Gasteiger partial charge in [0.15, 0.2) is 11.5 Å². The first-order valence-corrected chi connectivity index (χ1v) is 14.1. The van der Waals surface area contributed by atoms with Gasteiger partial charge in [-0.25, -0.2) is 5.01 Å². The summed E-state index contributed by atoms with van der Waals surface area (Å²) in [7, 11) is 1.65. The molecule has 1 atom stereocenters. The zero-order valence-electron chi connectivity index (χ0n) is 22.1. The van der Waals surface area contributed by atoms with Crippen LogP contribution in [0.2, 0.25) is 0 Å². The number of hydrogen-bond acceptors (Lipinski definition) is 7. The van der Waals surface area contributed by atoms with Crippen molar-refractivity contribution >= 4 is 34.3 Å². The lowest BCUT2D eigenvalue weighted by Gasteiger charge is -2.29. The number of carbonyl (C=O) groups is 2. The second-order valence-electron chi connectivity index (χ2n) is 9.60. The van der Waals surface area contributed by atoms with Crippen molar-refractivity contribution in [2.45, 2.75) is 56.9 Å². The average Bonchev–Trinajstić information content (AvgIpc) is 3.48. The molecule has 2 aromatic carbocycles. The fraction of sp³-hybridized carbons (Fsp3) is 0.333. The fourth-order valence-corrected chi connectivity index (χ4v) is 5.71. The number of ether oxygens (including phenoxy) is 2. The maximum atomic E-state index is 13.0. The van der Waals surface area contributed by atoms with Crippen molar-refractivity contribution in [3.63, 3.8) is 0 Å². The molecule has 1 unspecified atom stereocenters. The summed E-state index contributed by atoms with van der Waals surface area (Å²) in [5.74, 6) is 1.22. The van der Waals surface area contributed by atoms with Crippen LogP contribution in [-0.2, 0) is 6.54 Å². The van der Waals surface area contributed by atoms with E-state index in [0.717, 1.165) is 41.9 Å². The Morgan fingerprint density at radius 3 is 2.49 bits per heavy atom. The van der Waals surface area contributed by atoms with Crippen molar-refractivity contribution in [1.82, 2.24) is 9.99 Å². The number of nitrogens with zero attached hydrogens (tertiary/aromatic N) is 3. The van der Waals surface area contributed by atoms with Crippen molar-refractivity contribution in [2.24, 2.45) is 5.10 Å². The number of pyridine rings is 1. The number of amides is 2. The van der Waals surface area contributed by atoms with E-state index in [1.54, 1.807) is 31.6 Å². The standard InChI is InChI=1S/C30H32N4O4S/c1-3-27-28(22-10-13-25(37-2)26(18-22)38-24-6-4-5-7-24)33-34(30(36)39-27)19-20-8-11-23(12-9-20)32-29(35)21-14-16-31-17-15-21/h8-18,24,27H,3-7,19H2,1-2H3,(H,32,35). The zero-order valence-corrected chi connectivity index (χ0v) is 22.9. The Morgan fingerprint density at radius 2 is 1.79 bits per heavy atom. The van der Waals surface area contributed by atoms with Crippen LogP contribution >= 0.6 is 11.8 Å². The molecular weight excluding hydrogens is 512 g/mol. The monoisotopic (exact) mass is 544 g/mol. The van der Waals surface area contributed by atoms with Crippen molar-refractivity contribution in [3.05, 3.63) is 83.7 Å².